The first-order valence-corrected chi connectivity index (χ1v) is 15.7. The minimum atomic E-state index is -0.287. The van der Waals surface area contributed by atoms with Gasteiger partial charge in [-0.1, -0.05) is 40.8 Å². The Morgan fingerprint density at radius 3 is 1.63 bits per heavy atom. The van der Waals surface area contributed by atoms with Crippen molar-refractivity contribution in [1.29, 1.82) is 0 Å². The number of rotatable bonds is 8. The van der Waals surface area contributed by atoms with Crippen LogP contribution in [-0.2, 0) is 0 Å². The molecule has 2 nitrogen and oxygen atoms in total. The van der Waals surface area contributed by atoms with Crippen LogP contribution in [0.1, 0.15) is 61.3 Å². The molecular formula is C14H37N2Si3. The molecule has 1 radical (unpaired) electrons. The van der Waals surface area contributed by atoms with Gasteiger partial charge >= 0.3 is 0 Å². The van der Waals surface area contributed by atoms with E-state index < -0.39 is 0 Å². The van der Waals surface area contributed by atoms with Gasteiger partial charge in [0, 0.05) is 0 Å². The van der Waals surface area contributed by atoms with Crippen LogP contribution in [0.4, 0.5) is 0 Å². The van der Waals surface area contributed by atoms with Crippen LogP contribution in [0.2, 0.25) is 13.1 Å². The predicted molar refractivity (Wildman–Crippen MR) is 97.5 cm³/mol. The Labute approximate surface area is 128 Å². The summed E-state index contributed by atoms with van der Waals surface area (Å²) in [5.41, 5.74) is 0.396. The Morgan fingerprint density at radius 2 is 1.37 bits per heavy atom. The maximum Gasteiger partial charge on any atom is 0.122 e. The molecule has 2 atom stereocenters. The van der Waals surface area contributed by atoms with E-state index in [2.05, 4.69) is 70.4 Å². The summed E-state index contributed by atoms with van der Waals surface area (Å²) in [6.45, 7) is 21.7. The first kappa shape index (κ1) is 19.6. The molecule has 2 unspecified atom stereocenters. The second kappa shape index (κ2) is 8.77. The molecule has 0 aliphatic carbocycles. The average Bonchev–Trinajstić information content (AvgIpc) is 2.30. The normalized spacial score (nSPS) is 17.7. The van der Waals surface area contributed by atoms with Crippen molar-refractivity contribution in [1.82, 2.24) is 8.80 Å². The maximum atomic E-state index is 2.92. The zero-order valence-corrected chi connectivity index (χ0v) is 18.7. The molecule has 115 valence electrons. The lowest BCUT2D eigenvalue weighted by atomic mass is 10.1. The van der Waals surface area contributed by atoms with Crippen molar-refractivity contribution in [3.8, 4) is 0 Å². The van der Waals surface area contributed by atoms with Gasteiger partial charge in [-0.15, -0.1) is 0 Å². The third-order valence-electron chi connectivity index (χ3n) is 4.25. The third kappa shape index (κ3) is 6.71. The van der Waals surface area contributed by atoms with Crippen molar-refractivity contribution in [3.05, 3.63) is 0 Å². The molecule has 0 saturated carbocycles. The highest BCUT2D eigenvalue weighted by Gasteiger charge is 2.26. The number of nitrogens with zero attached hydrogens (tertiary/aromatic N) is 2. The van der Waals surface area contributed by atoms with E-state index in [1.165, 1.54) is 12.8 Å². The second-order valence-corrected chi connectivity index (χ2v) is 15.0. The topological polar surface area (TPSA) is 6.48 Å². The van der Waals surface area contributed by atoms with Crippen molar-refractivity contribution in [2.75, 3.05) is 0 Å². The Balaban J connectivity index is 4.68. The van der Waals surface area contributed by atoms with Gasteiger partial charge in [0.1, 0.15) is 8.96 Å². The van der Waals surface area contributed by atoms with E-state index in [-0.39, 0.29) is 27.4 Å². The SMILES string of the molecule is CCC(C)N([SiH2][SiH2]N([Si](C)C)C(C)(C)C)C(C)CC. The van der Waals surface area contributed by atoms with Crippen molar-refractivity contribution < 1.29 is 0 Å². The van der Waals surface area contributed by atoms with Crippen LogP contribution in [0, 0.1) is 0 Å². The fourth-order valence-electron chi connectivity index (χ4n) is 2.79. The van der Waals surface area contributed by atoms with Gasteiger partial charge in [0.2, 0.25) is 0 Å². The van der Waals surface area contributed by atoms with E-state index >= 15 is 0 Å². The Morgan fingerprint density at radius 1 is 0.947 bits per heavy atom. The van der Waals surface area contributed by atoms with Crippen LogP contribution in [0.5, 0.6) is 0 Å². The maximum absolute atomic E-state index is 2.92. The highest BCUT2D eigenvalue weighted by Crippen LogP contribution is 2.15. The zero-order valence-electron chi connectivity index (χ0n) is 14.9. The van der Waals surface area contributed by atoms with Gasteiger partial charge in [0.25, 0.3) is 0 Å². The summed E-state index contributed by atoms with van der Waals surface area (Å²) < 4.78 is 5.82. The van der Waals surface area contributed by atoms with Crippen molar-refractivity contribution in [2.24, 2.45) is 0 Å². The minimum absolute atomic E-state index is 0.0346. The molecule has 0 aromatic carbocycles. The molecule has 0 aromatic rings. The molecule has 0 aromatic heterocycles. The highest BCUT2D eigenvalue weighted by atomic mass is 29.2. The molecule has 0 saturated heterocycles. The summed E-state index contributed by atoms with van der Waals surface area (Å²) in [7, 11) is -0.359. The molecule has 0 bridgehead atoms. The molecule has 0 spiro atoms. The summed E-state index contributed by atoms with van der Waals surface area (Å²) in [5, 5.41) is 0. The summed E-state index contributed by atoms with van der Waals surface area (Å²) in [6, 6.07) is 1.58. The Bertz CT molecular complexity index is 231. The fraction of sp³-hybridized carbons (Fsp3) is 1.00. The van der Waals surface area contributed by atoms with Crippen LogP contribution in [0.3, 0.4) is 0 Å². The summed E-state index contributed by atoms with van der Waals surface area (Å²) >= 11 is 0. The van der Waals surface area contributed by atoms with E-state index in [4.69, 9.17) is 0 Å². The van der Waals surface area contributed by atoms with Crippen LogP contribution in [-0.4, -0.2) is 53.8 Å². The average molecular weight is 318 g/mol. The van der Waals surface area contributed by atoms with Crippen molar-refractivity contribution >= 4 is 27.4 Å². The molecule has 0 heterocycles. The van der Waals surface area contributed by atoms with Gasteiger partial charge < -0.3 is 8.80 Å². The van der Waals surface area contributed by atoms with Crippen molar-refractivity contribution in [3.63, 3.8) is 0 Å². The molecular weight excluding hydrogens is 280 g/mol. The first-order chi connectivity index (χ1) is 8.65. The summed E-state index contributed by atoms with van der Waals surface area (Å²) in [5.74, 6) is 0. The van der Waals surface area contributed by atoms with E-state index in [0.717, 1.165) is 12.1 Å². The molecule has 0 N–H and O–H groups in total. The molecule has 0 amide bonds. The van der Waals surface area contributed by atoms with Gasteiger partial charge in [0.05, 0.1) is 18.4 Å². The van der Waals surface area contributed by atoms with E-state index in [0.29, 0.717) is 5.54 Å². The van der Waals surface area contributed by atoms with Gasteiger partial charge in [-0.3, -0.25) is 0 Å². The quantitative estimate of drug-likeness (QED) is 0.634. The van der Waals surface area contributed by atoms with E-state index in [1.54, 1.807) is 0 Å². The first-order valence-electron chi connectivity index (χ1n) is 7.98. The van der Waals surface area contributed by atoms with Crippen LogP contribution >= 0.6 is 0 Å². The monoisotopic (exact) mass is 317 g/mol. The molecule has 0 aliphatic rings. The standard InChI is InChI=1S/C14H37N2Si3/c1-10-12(3)15(13(4)11-2)17-18-16(19(8)9)14(5,6)7/h12-13H,10-11,17-18H2,1-9H3. The Kier molecular flexibility index (Phi) is 9.03. The smallest absolute Gasteiger partial charge is 0.122 e. The van der Waals surface area contributed by atoms with Crippen LogP contribution in [0.15, 0.2) is 0 Å². The lowest BCUT2D eigenvalue weighted by Gasteiger charge is -2.42. The van der Waals surface area contributed by atoms with Crippen LogP contribution in [0.25, 0.3) is 0 Å². The molecule has 0 aliphatic heterocycles. The summed E-state index contributed by atoms with van der Waals surface area (Å²) in [4.78, 5) is 0. The van der Waals surface area contributed by atoms with Gasteiger partial charge in [-0.05, 0) is 51.2 Å². The lowest BCUT2D eigenvalue weighted by Crippen LogP contribution is -2.56. The fourth-order valence-corrected chi connectivity index (χ4v) is 19.3. The second-order valence-electron chi connectivity index (χ2n) is 7.02. The molecule has 0 fully saturated rings. The molecule has 0 rings (SSSR count). The minimum Gasteiger partial charge on any atom is -0.348 e. The Hall–Kier alpha value is 0.571. The van der Waals surface area contributed by atoms with Crippen LogP contribution < -0.4 is 0 Å². The largest absolute Gasteiger partial charge is 0.348 e. The summed E-state index contributed by atoms with van der Waals surface area (Å²) in [6.07, 6.45) is 2.61. The highest BCUT2D eigenvalue weighted by molar-refractivity contribution is 7.00. The molecule has 5 heteroatoms. The van der Waals surface area contributed by atoms with Gasteiger partial charge in [-0.25, -0.2) is 0 Å². The number of hydrogen-bond donors (Lipinski definition) is 0. The third-order valence-corrected chi connectivity index (χ3v) is 16.8. The number of hydrogen-bond acceptors (Lipinski definition) is 2. The molecule has 19 heavy (non-hydrogen) atoms. The van der Waals surface area contributed by atoms with E-state index in [9.17, 15) is 0 Å². The zero-order chi connectivity index (χ0) is 15.2. The van der Waals surface area contributed by atoms with Crippen molar-refractivity contribution in [2.45, 2.75) is 92.0 Å². The van der Waals surface area contributed by atoms with E-state index in [1.807, 2.05) is 0 Å². The predicted octanol–water partition coefficient (Wildman–Crippen LogP) is 2.32. The van der Waals surface area contributed by atoms with Gasteiger partial charge in [-0.2, -0.15) is 0 Å². The van der Waals surface area contributed by atoms with Gasteiger partial charge in [0.15, 0.2) is 0 Å². The lowest BCUT2D eigenvalue weighted by molar-refractivity contribution is 0.271.